The molecule has 1 fully saturated rings. The van der Waals surface area contributed by atoms with Crippen LogP contribution in [0.25, 0.3) is 0 Å². The van der Waals surface area contributed by atoms with Crippen LogP contribution in [0.15, 0.2) is 10.5 Å². The van der Waals surface area contributed by atoms with Crippen molar-refractivity contribution in [1.82, 2.24) is 10.2 Å². The number of hydrogen-bond acceptors (Lipinski definition) is 3. The molecule has 3 nitrogen and oxygen atoms in total. The summed E-state index contributed by atoms with van der Waals surface area (Å²) in [4.78, 5) is 2.64. The van der Waals surface area contributed by atoms with Crippen LogP contribution in [-0.4, -0.2) is 24.0 Å². The predicted molar refractivity (Wildman–Crippen MR) is 74.5 cm³/mol. The van der Waals surface area contributed by atoms with Gasteiger partial charge < -0.3 is 9.73 Å². The molecule has 2 rings (SSSR count). The van der Waals surface area contributed by atoms with E-state index in [9.17, 15) is 0 Å². The van der Waals surface area contributed by atoms with Gasteiger partial charge in [0.15, 0.2) is 0 Å². The summed E-state index contributed by atoms with van der Waals surface area (Å²) in [6.45, 7) is 8.58. The van der Waals surface area contributed by atoms with E-state index in [1.807, 2.05) is 7.05 Å². The standard InChI is InChI=1S/C15H26N2O/c1-5-14-7-6-11(2)17(14)10-13-8-15(9-16-4)18-12(13)3/h8,11,14,16H,5-7,9-10H2,1-4H3. The lowest BCUT2D eigenvalue weighted by molar-refractivity contribution is 0.188. The van der Waals surface area contributed by atoms with Crippen molar-refractivity contribution in [3.63, 3.8) is 0 Å². The summed E-state index contributed by atoms with van der Waals surface area (Å²) in [7, 11) is 1.95. The average Bonchev–Trinajstić information content (AvgIpc) is 2.86. The van der Waals surface area contributed by atoms with Gasteiger partial charge in [-0.2, -0.15) is 0 Å². The molecular weight excluding hydrogens is 224 g/mol. The Morgan fingerprint density at radius 1 is 1.44 bits per heavy atom. The zero-order valence-electron chi connectivity index (χ0n) is 12.1. The molecule has 1 aromatic rings. The summed E-state index contributed by atoms with van der Waals surface area (Å²) < 4.78 is 5.78. The highest BCUT2D eigenvalue weighted by molar-refractivity contribution is 5.21. The van der Waals surface area contributed by atoms with Crippen LogP contribution in [0.5, 0.6) is 0 Å². The molecule has 0 spiro atoms. The van der Waals surface area contributed by atoms with Crippen molar-refractivity contribution in [2.45, 2.75) is 65.2 Å². The normalized spacial score (nSPS) is 24.9. The van der Waals surface area contributed by atoms with E-state index in [0.717, 1.165) is 30.7 Å². The molecule has 1 aliphatic rings. The molecule has 0 aliphatic carbocycles. The van der Waals surface area contributed by atoms with Gasteiger partial charge in [0.25, 0.3) is 0 Å². The fourth-order valence-corrected chi connectivity index (χ4v) is 3.05. The first kappa shape index (κ1) is 13.6. The molecule has 3 heteroatoms. The molecule has 0 saturated carbocycles. The Balaban J connectivity index is 2.08. The number of hydrogen-bond donors (Lipinski definition) is 1. The van der Waals surface area contributed by atoms with Gasteiger partial charge in [-0.3, -0.25) is 4.90 Å². The Bertz CT molecular complexity index is 386. The van der Waals surface area contributed by atoms with Gasteiger partial charge in [-0.05, 0) is 46.2 Å². The second-order valence-corrected chi connectivity index (χ2v) is 5.49. The lowest BCUT2D eigenvalue weighted by atomic mass is 10.1. The van der Waals surface area contributed by atoms with E-state index < -0.39 is 0 Å². The third-order valence-electron chi connectivity index (χ3n) is 4.20. The minimum absolute atomic E-state index is 0.706. The first-order valence-electron chi connectivity index (χ1n) is 7.14. The third kappa shape index (κ3) is 2.78. The van der Waals surface area contributed by atoms with E-state index >= 15 is 0 Å². The minimum atomic E-state index is 0.706. The Labute approximate surface area is 111 Å². The lowest BCUT2D eigenvalue weighted by Gasteiger charge is -2.27. The van der Waals surface area contributed by atoms with Crippen molar-refractivity contribution in [3.05, 3.63) is 23.2 Å². The van der Waals surface area contributed by atoms with E-state index in [4.69, 9.17) is 4.42 Å². The molecule has 2 unspecified atom stereocenters. The zero-order valence-corrected chi connectivity index (χ0v) is 12.1. The molecule has 0 aromatic carbocycles. The molecule has 2 atom stereocenters. The summed E-state index contributed by atoms with van der Waals surface area (Å²) in [5.74, 6) is 2.12. The van der Waals surface area contributed by atoms with Crippen molar-refractivity contribution >= 4 is 0 Å². The lowest BCUT2D eigenvalue weighted by Crippen LogP contribution is -2.33. The van der Waals surface area contributed by atoms with Crippen molar-refractivity contribution in [2.24, 2.45) is 0 Å². The van der Waals surface area contributed by atoms with Gasteiger partial charge >= 0.3 is 0 Å². The second-order valence-electron chi connectivity index (χ2n) is 5.49. The molecule has 0 amide bonds. The van der Waals surface area contributed by atoms with E-state index in [2.05, 4.69) is 37.1 Å². The first-order valence-corrected chi connectivity index (χ1v) is 7.14. The first-order chi connectivity index (χ1) is 8.65. The Morgan fingerprint density at radius 3 is 2.89 bits per heavy atom. The molecule has 1 aromatic heterocycles. The van der Waals surface area contributed by atoms with E-state index in [0.29, 0.717) is 6.04 Å². The minimum Gasteiger partial charge on any atom is -0.465 e. The highest BCUT2D eigenvalue weighted by atomic mass is 16.3. The van der Waals surface area contributed by atoms with Gasteiger partial charge in [0, 0.05) is 24.2 Å². The number of likely N-dealkylation sites (tertiary alicyclic amines) is 1. The van der Waals surface area contributed by atoms with Gasteiger partial charge in [0.05, 0.1) is 6.54 Å². The molecule has 2 heterocycles. The van der Waals surface area contributed by atoms with Crippen LogP contribution in [0, 0.1) is 6.92 Å². The number of aryl methyl sites for hydroxylation is 1. The van der Waals surface area contributed by atoms with Gasteiger partial charge in [-0.1, -0.05) is 6.92 Å². The topological polar surface area (TPSA) is 28.4 Å². The Hall–Kier alpha value is -0.800. The molecule has 0 radical (unpaired) electrons. The smallest absolute Gasteiger partial charge is 0.118 e. The summed E-state index contributed by atoms with van der Waals surface area (Å²) in [5, 5.41) is 3.14. The van der Waals surface area contributed by atoms with Crippen molar-refractivity contribution in [2.75, 3.05) is 7.05 Å². The zero-order chi connectivity index (χ0) is 13.1. The maximum Gasteiger partial charge on any atom is 0.118 e. The molecule has 1 N–H and O–H groups in total. The van der Waals surface area contributed by atoms with E-state index in [-0.39, 0.29) is 0 Å². The Kier molecular flexibility index (Phi) is 4.46. The fourth-order valence-electron chi connectivity index (χ4n) is 3.05. The van der Waals surface area contributed by atoms with Crippen LogP contribution in [0.1, 0.15) is 50.2 Å². The van der Waals surface area contributed by atoms with Crippen molar-refractivity contribution in [3.8, 4) is 0 Å². The van der Waals surface area contributed by atoms with Crippen molar-refractivity contribution < 1.29 is 4.42 Å². The quantitative estimate of drug-likeness (QED) is 0.870. The van der Waals surface area contributed by atoms with E-state index in [1.165, 1.54) is 24.8 Å². The summed E-state index contributed by atoms with van der Waals surface area (Å²) in [6, 6.07) is 3.67. The van der Waals surface area contributed by atoms with Crippen LogP contribution < -0.4 is 5.32 Å². The second kappa shape index (κ2) is 5.89. The highest BCUT2D eigenvalue weighted by Crippen LogP contribution is 2.29. The van der Waals surface area contributed by atoms with Gasteiger partial charge in [0.2, 0.25) is 0 Å². The largest absolute Gasteiger partial charge is 0.465 e. The molecule has 1 aliphatic heterocycles. The molecular formula is C15H26N2O. The van der Waals surface area contributed by atoms with E-state index in [1.54, 1.807) is 0 Å². The maximum absolute atomic E-state index is 5.78. The number of nitrogens with one attached hydrogen (secondary N) is 1. The molecule has 0 bridgehead atoms. The van der Waals surface area contributed by atoms with Crippen LogP contribution >= 0.6 is 0 Å². The Morgan fingerprint density at radius 2 is 2.22 bits per heavy atom. The number of nitrogens with zero attached hydrogens (tertiary/aromatic N) is 1. The van der Waals surface area contributed by atoms with Crippen LogP contribution in [-0.2, 0) is 13.1 Å². The molecule has 1 saturated heterocycles. The highest BCUT2D eigenvalue weighted by Gasteiger charge is 2.29. The number of rotatable bonds is 5. The fraction of sp³-hybridized carbons (Fsp3) is 0.733. The molecule has 18 heavy (non-hydrogen) atoms. The van der Waals surface area contributed by atoms with Crippen LogP contribution in [0.4, 0.5) is 0 Å². The van der Waals surface area contributed by atoms with Crippen LogP contribution in [0.3, 0.4) is 0 Å². The summed E-state index contributed by atoms with van der Waals surface area (Å²) in [6.07, 6.45) is 3.93. The monoisotopic (exact) mass is 250 g/mol. The molecule has 102 valence electrons. The van der Waals surface area contributed by atoms with Gasteiger partial charge in [-0.25, -0.2) is 0 Å². The number of furan rings is 1. The van der Waals surface area contributed by atoms with Gasteiger partial charge in [-0.15, -0.1) is 0 Å². The summed E-state index contributed by atoms with van der Waals surface area (Å²) >= 11 is 0. The van der Waals surface area contributed by atoms with Crippen molar-refractivity contribution in [1.29, 1.82) is 0 Å². The maximum atomic E-state index is 5.78. The van der Waals surface area contributed by atoms with Crippen LogP contribution in [0.2, 0.25) is 0 Å². The predicted octanol–water partition coefficient (Wildman–Crippen LogP) is 3.07. The summed E-state index contributed by atoms with van der Waals surface area (Å²) in [5.41, 5.74) is 1.35. The average molecular weight is 250 g/mol. The third-order valence-corrected chi connectivity index (χ3v) is 4.20. The van der Waals surface area contributed by atoms with Gasteiger partial charge in [0.1, 0.15) is 11.5 Å². The SMILES string of the molecule is CCC1CCC(C)N1Cc1cc(CNC)oc1C.